The van der Waals surface area contributed by atoms with E-state index in [1.807, 2.05) is 107 Å². The Balaban J connectivity index is 1.83. The first kappa shape index (κ1) is 43.2. The summed E-state index contributed by atoms with van der Waals surface area (Å²) in [5.74, 6) is 0.911. The van der Waals surface area contributed by atoms with Crippen molar-refractivity contribution >= 4 is 25.9 Å². The van der Waals surface area contributed by atoms with Crippen LogP contribution in [0.15, 0.2) is 78.9 Å². The van der Waals surface area contributed by atoms with Crippen LogP contribution in [0, 0.1) is 12.5 Å². The van der Waals surface area contributed by atoms with Gasteiger partial charge < -0.3 is 38.2 Å². The molecule has 2 N–H and O–H groups in total. The van der Waals surface area contributed by atoms with E-state index in [2.05, 4.69) is 14.8 Å². The van der Waals surface area contributed by atoms with Crippen LogP contribution in [-0.2, 0) is 24.1 Å². The molecule has 4 rings (SSSR count). The summed E-state index contributed by atoms with van der Waals surface area (Å²) in [7, 11) is 2.94. The van der Waals surface area contributed by atoms with Crippen LogP contribution in [0.25, 0.3) is 4.85 Å². The van der Waals surface area contributed by atoms with Crippen LogP contribution in [0.4, 0.5) is 13.2 Å². The summed E-state index contributed by atoms with van der Waals surface area (Å²) < 4.78 is 79.5. The molecule has 2 unspecified atom stereocenters. The van der Waals surface area contributed by atoms with Gasteiger partial charge in [0.2, 0.25) is 6.54 Å². The monoisotopic (exact) mass is 790 g/mol. The quantitative estimate of drug-likeness (QED) is 0.0330. The molecule has 294 valence electrons. The van der Waals surface area contributed by atoms with Gasteiger partial charge in [-0.2, -0.15) is 13.2 Å². The highest BCUT2D eigenvalue weighted by molar-refractivity contribution is 7.80. The van der Waals surface area contributed by atoms with Crippen molar-refractivity contribution in [3.8, 4) is 11.5 Å². The van der Waals surface area contributed by atoms with Crippen LogP contribution in [0.1, 0.15) is 50.8 Å². The maximum Gasteiger partial charge on any atom is 0.484 e. The third-order valence-corrected chi connectivity index (χ3v) is 11.5. The minimum Gasteiger partial charge on any atom is -0.497 e. The molecule has 0 heterocycles. The lowest BCUT2D eigenvalue weighted by molar-refractivity contribution is -0.142. The molecule has 3 aromatic carbocycles. The number of methoxy groups -OCH3 is 3. The van der Waals surface area contributed by atoms with Gasteiger partial charge in [0.15, 0.2) is 5.11 Å². The molecule has 15 heteroatoms. The van der Waals surface area contributed by atoms with Gasteiger partial charge in [0.1, 0.15) is 29.8 Å². The fourth-order valence-electron chi connectivity index (χ4n) is 6.87. The van der Waals surface area contributed by atoms with Gasteiger partial charge >= 0.3 is 6.30 Å². The van der Waals surface area contributed by atoms with Crippen LogP contribution in [-0.4, -0.2) is 87.5 Å². The summed E-state index contributed by atoms with van der Waals surface area (Å²) in [5.41, 5.74) is 1.32. The fourth-order valence-corrected chi connectivity index (χ4v) is 8.94. The number of benzene rings is 3. The summed E-state index contributed by atoms with van der Waals surface area (Å²) in [4.78, 5) is 3.45. The molecule has 0 aromatic heterocycles. The zero-order valence-corrected chi connectivity index (χ0v) is 33.3. The largest absolute Gasteiger partial charge is 0.497 e. The van der Waals surface area contributed by atoms with Crippen molar-refractivity contribution in [2.24, 2.45) is 5.92 Å². The predicted octanol–water partition coefficient (Wildman–Crippen LogP) is 8.07. The highest BCUT2D eigenvalue weighted by Crippen LogP contribution is 2.51. The molecular weight excluding hydrogens is 740 g/mol. The molecule has 1 saturated carbocycles. The standard InChI is InChI=1S/C39H50F3N4O6PS/c1-26(2)46(27(3)4)53(51-23-22-43-5)52-35-28(24-34(36(35)49-8)44-37(54)45-39(40,41)42)25-50-38(29-12-10-9-11-13-29,30-14-18-32(47-6)19-15-30)31-16-20-33(48-7)21-17-31/h9-21,26-28,34-36H,22-25H2,1-4,6-8H3,(H2,44,45,54)/t28-,34+,35?,36-,53?/m1/s1. The molecule has 0 bridgehead atoms. The Kier molecular flexibility index (Phi) is 15.9. The molecule has 0 saturated heterocycles. The van der Waals surface area contributed by atoms with Gasteiger partial charge in [-0.25, -0.2) is 11.2 Å². The third kappa shape index (κ3) is 10.8. The van der Waals surface area contributed by atoms with Crippen molar-refractivity contribution in [2.45, 2.75) is 76.4 Å². The Hall–Kier alpha value is -3.54. The average Bonchev–Trinajstić information content (AvgIpc) is 3.46. The number of ether oxygens (including phenoxy) is 4. The molecule has 1 aliphatic rings. The number of hydrogen-bond acceptors (Lipinski definition) is 8. The van der Waals surface area contributed by atoms with E-state index in [0.717, 1.165) is 16.7 Å². The maximum atomic E-state index is 13.3. The first-order valence-corrected chi connectivity index (χ1v) is 19.2. The van der Waals surface area contributed by atoms with E-state index < -0.39 is 49.7 Å². The summed E-state index contributed by atoms with van der Waals surface area (Å²) in [5, 5.41) is 3.66. The SMILES string of the molecule is [C-]#[N+]CCOP(OC1[C@@H](COC(c2ccccc2)(c2ccc(OC)cc2)c2ccc(OC)cc2)C[C@H](NC(=S)NC(F)(F)F)[C@H]1OC)N(C(C)C)C(C)C. The van der Waals surface area contributed by atoms with Crippen molar-refractivity contribution in [2.75, 3.05) is 41.1 Å². The molecule has 10 nitrogen and oxygen atoms in total. The van der Waals surface area contributed by atoms with Crippen LogP contribution in [0.2, 0.25) is 0 Å². The first-order valence-electron chi connectivity index (χ1n) is 17.7. The second-order valence-corrected chi connectivity index (χ2v) is 15.1. The van der Waals surface area contributed by atoms with Gasteiger partial charge in [-0.1, -0.05) is 54.6 Å². The number of thiocarbonyl (C=S) groups is 1. The highest BCUT2D eigenvalue weighted by atomic mass is 32.1. The summed E-state index contributed by atoms with van der Waals surface area (Å²) in [6, 6.07) is 24.4. The molecule has 54 heavy (non-hydrogen) atoms. The molecule has 5 atom stereocenters. The lowest BCUT2D eigenvalue weighted by atomic mass is 9.79. The molecule has 0 amide bonds. The topological polar surface area (TPSA) is 87.0 Å². The lowest BCUT2D eigenvalue weighted by Gasteiger charge is -2.40. The van der Waals surface area contributed by atoms with Crippen LogP contribution in [0.3, 0.4) is 0 Å². The Morgan fingerprint density at radius 3 is 1.87 bits per heavy atom. The van der Waals surface area contributed by atoms with E-state index in [-0.39, 0.29) is 38.3 Å². The molecule has 0 radical (unpaired) electrons. The van der Waals surface area contributed by atoms with Gasteiger partial charge in [0, 0.05) is 25.1 Å². The molecule has 0 spiro atoms. The number of hydrogen-bond donors (Lipinski definition) is 2. The Labute approximate surface area is 323 Å². The van der Waals surface area contributed by atoms with Gasteiger partial charge in [-0.15, -0.1) is 0 Å². The highest BCUT2D eigenvalue weighted by Gasteiger charge is 2.49. The van der Waals surface area contributed by atoms with Crippen molar-refractivity contribution < 1.29 is 41.2 Å². The minimum absolute atomic E-state index is 0.00880. The molecule has 1 fully saturated rings. The van der Waals surface area contributed by atoms with Gasteiger partial charge in [-0.05, 0) is 87.3 Å². The normalized spacial score (nSPS) is 19.5. The van der Waals surface area contributed by atoms with Crippen molar-refractivity contribution in [1.82, 2.24) is 15.3 Å². The van der Waals surface area contributed by atoms with E-state index in [0.29, 0.717) is 11.5 Å². The number of halogens is 3. The zero-order chi connectivity index (χ0) is 39.5. The smallest absolute Gasteiger partial charge is 0.484 e. The molecular formula is C39H50F3N4O6PS. The Morgan fingerprint density at radius 1 is 0.870 bits per heavy atom. The fraction of sp³-hybridized carbons (Fsp3) is 0.487. The Bertz CT molecular complexity index is 1590. The average molecular weight is 791 g/mol. The van der Waals surface area contributed by atoms with Crippen LogP contribution < -0.4 is 20.1 Å². The molecule has 0 aliphatic heterocycles. The third-order valence-electron chi connectivity index (χ3n) is 9.14. The second kappa shape index (κ2) is 19.9. The van der Waals surface area contributed by atoms with Gasteiger partial charge in [0.05, 0.1) is 33.0 Å². The molecule has 1 aliphatic carbocycles. The first-order chi connectivity index (χ1) is 25.8. The van der Waals surface area contributed by atoms with E-state index in [9.17, 15) is 13.2 Å². The van der Waals surface area contributed by atoms with Crippen molar-refractivity contribution in [3.63, 3.8) is 0 Å². The van der Waals surface area contributed by atoms with E-state index in [1.165, 1.54) is 12.4 Å². The predicted molar refractivity (Wildman–Crippen MR) is 207 cm³/mol. The number of alkyl halides is 3. The minimum atomic E-state index is -4.73. The molecule has 3 aromatic rings. The summed E-state index contributed by atoms with van der Waals surface area (Å²) in [6.07, 6.45) is -5.92. The van der Waals surface area contributed by atoms with Crippen molar-refractivity contribution in [3.05, 3.63) is 107 Å². The Morgan fingerprint density at radius 2 is 1.41 bits per heavy atom. The van der Waals surface area contributed by atoms with Gasteiger partial charge in [0.25, 0.3) is 8.53 Å². The number of rotatable bonds is 18. The van der Waals surface area contributed by atoms with Crippen molar-refractivity contribution in [1.29, 1.82) is 0 Å². The maximum absolute atomic E-state index is 13.3. The number of nitrogens with zero attached hydrogens (tertiary/aromatic N) is 2. The number of nitrogens with one attached hydrogen (secondary N) is 2. The van der Waals surface area contributed by atoms with Gasteiger partial charge in [-0.3, -0.25) is 5.32 Å². The second-order valence-electron chi connectivity index (χ2n) is 13.3. The van der Waals surface area contributed by atoms with Crippen LogP contribution in [0.5, 0.6) is 11.5 Å². The van der Waals surface area contributed by atoms with E-state index in [4.69, 9.17) is 46.8 Å². The van der Waals surface area contributed by atoms with E-state index >= 15 is 0 Å². The van der Waals surface area contributed by atoms with E-state index in [1.54, 1.807) is 14.2 Å². The summed E-state index contributed by atoms with van der Waals surface area (Å²) >= 11 is 5.09. The lowest BCUT2D eigenvalue weighted by Crippen LogP contribution is -2.51. The van der Waals surface area contributed by atoms with Crippen LogP contribution >= 0.6 is 20.7 Å². The summed E-state index contributed by atoms with van der Waals surface area (Å²) in [6.45, 7) is 15.8. The zero-order valence-electron chi connectivity index (χ0n) is 31.6.